The van der Waals surface area contributed by atoms with Crippen LogP contribution >= 0.6 is 0 Å². The highest BCUT2D eigenvalue weighted by molar-refractivity contribution is 5.24. The molecule has 0 amide bonds. The van der Waals surface area contributed by atoms with Gasteiger partial charge in [0.05, 0.1) is 12.4 Å². The third-order valence-electron chi connectivity index (χ3n) is 2.62. The standard InChI is InChI=1S/C12H14F2N2O/c13-9-1-2-11(10(14)6-9)17-4-3-8-5-12(15)16-7-8/h1-2,5-6,8,16H,3-4,7,15H2/t8-/m0/s1. The number of benzene rings is 1. The van der Waals surface area contributed by atoms with Crippen molar-refractivity contribution < 1.29 is 13.5 Å². The highest BCUT2D eigenvalue weighted by atomic mass is 19.1. The Hall–Kier alpha value is -1.78. The van der Waals surface area contributed by atoms with E-state index in [9.17, 15) is 8.78 Å². The van der Waals surface area contributed by atoms with Gasteiger partial charge in [0.2, 0.25) is 0 Å². The number of hydrogen-bond donors (Lipinski definition) is 2. The number of ether oxygens (including phenoxy) is 1. The van der Waals surface area contributed by atoms with Crippen molar-refractivity contribution in [2.45, 2.75) is 6.42 Å². The second-order valence-electron chi connectivity index (χ2n) is 3.97. The van der Waals surface area contributed by atoms with Crippen LogP contribution in [0, 0.1) is 17.6 Å². The molecule has 0 saturated heterocycles. The SMILES string of the molecule is NC1=C[C@H](CCOc2ccc(F)cc2F)CN1. The topological polar surface area (TPSA) is 47.3 Å². The maximum atomic E-state index is 13.2. The predicted molar refractivity (Wildman–Crippen MR) is 60.2 cm³/mol. The first-order valence-corrected chi connectivity index (χ1v) is 5.44. The van der Waals surface area contributed by atoms with Crippen LogP contribution in [0.2, 0.25) is 0 Å². The van der Waals surface area contributed by atoms with E-state index in [1.165, 1.54) is 12.1 Å². The minimum atomic E-state index is -0.676. The molecule has 0 bridgehead atoms. The summed E-state index contributed by atoms with van der Waals surface area (Å²) >= 11 is 0. The summed E-state index contributed by atoms with van der Waals surface area (Å²) in [5.74, 6) is -0.231. The van der Waals surface area contributed by atoms with Gasteiger partial charge < -0.3 is 15.8 Å². The summed E-state index contributed by atoms with van der Waals surface area (Å²) in [4.78, 5) is 0. The minimum absolute atomic E-state index is 0.0781. The third-order valence-corrected chi connectivity index (χ3v) is 2.62. The number of nitrogens with one attached hydrogen (secondary N) is 1. The second-order valence-corrected chi connectivity index (χ2v) is 3.97. The number of rotatable bonds is 4. The van der Waals surface area contributed by atoms with E-state index in [4.69, 9.17) is 10.5 Å². The lowest BCUT2D eigenvalue weighted by atomic mass is 10.1. The summed E-state index contributed by atoms with van der Waals surface area (Å²) in [5.41, 5.74) is 5.56. The van der Waals surface area contributed by atoms with Crippen LogP contribution in [0.1, 0.15) is 6.42 Å². The quantitative estimate of drug-likeness (QED) is 0.843. The molecule has 0 saturated carbocycles. The Bertz CT molecular complexity index is 435. The zero-order valence-electron chi connectivity index (χ0n) is 9.25. The van der Waals surface area contributed by atoms with Crippen LogP contribution in [0.15, 0.2) is 30.1 Å². The van der Waals surface area contributed by atoms with Gasteiger partial charge in [0.1, 0.15) is 5.82 Å². The molecule has 1 heterocycles. The first-order chi connectivity index (χ1) is 8.15. The van der Waals surface area contributed by atoms with Gasteiger partial charge in [-0.1, -0.05) is 0 Å². The summed E-state index contributed by atoms with van der Waals surface area (Å²) in [6, 6.07) is 3.28. The molecule has 1 aromatic rings. The molecule has 17 heavy (non-hydrogen) atoms. The molecule has 3 nitrogen and oxygen atoms in total. The Balaban J connectivity index is 1.82. The number of halogens is 2. The van der Waals surface area contributed by atoms with Gasteiger partial charge in [-0.05, 0) is 24.6 Å². The van der Waals surface area contributed by atoms with Gasteiger partial charge in [0.15, 0.2) is 11.6 Å². The highest BCUT2D eigenvalue weighted by Crippen LogP contribution is 2.19. The lowest BCUT2D eigenvalue weighted by Crippen LogP contribution is -2.17. The summed E-state index contributed by atoms with van der Waals surface area (Å²) in [7, 11) is 0. The summed E-state index contributed by atoms with van der Waals surface area (Å²) < 4.78 is 31.1. The van der Waals surface area contributed by atoms with Gasteiger partial charge in [-0.15, -0.1) is 0 Å². The average molecular weight is 240 g/mol. The predicted octanol–water partition coefficient (Wildman–Crippen LogP) is 1.75. The van der Waals surface area contributed by atoms with Gasteiger partial charge in [-0.2, -0.15) is 0 Å². The van der Waals surface area contributed by atoms with Crippen molar-refractivity contribution in [1.29, 1.82) is 0 Å². The van der Waals surface area contributed by atoms with Gasteiger partial charge in [-0.25, -0.2) is 8.78 Å². The molecule has 0 aromatic heterocycles. The fourth-order valence-corrected chi connectivity index (χ4v) is 1.72. The molecule has 1 aliphatic heterocycles. The van der Waals surface area contributed by atoms with E-state index in [2.05, 4.69) is 5.32 Å². The van der Waals surface area contributed by atoms with Crippen LogP contribution in [0.25, 0.3) is 0 Å². The van der Waals surface area contributed by atoms with E-state index in [1.54, 1.807) is 0 Å². The van der Waals surface area contributed by atoms with Crippen molar-refractivity contribution >= 4 is 0 Å². The van der Waals surface area contributed by atoms with E-state index in [1.807, 2.05) is 6.08 Å². The van der Waals surface area contributed by atoms with Gasteiger partial charge in [0.25, 0.3) is 0 Å². The Labute approximate surface area is 98.3 Å². The highest BCUT2D eigenvalue weighted by Gasteiger charge is 2.13. The first kappa shape index (κ1) is 11.7. The molecule has 0 unspecified atom stereocenters. The molecular formula is C12H14F2N2O. The van der Waals surface area contributed by atoms with E-state index < -0.39 is 11.6 Å². The van der Waals surface area contributed by atoms with Crippen molar-refractivity contribution in [3.8, 4) is 5.75 Å². The maximum absolute atomic E-state index is 13.2. The van der Waals surface area contributed by atoms with Crippen LogP contribution in [0.5, 0.6) is 5.75 Å². The van der Waals surface area contributed by atoms with E-state index in [0.29, 0.717) is 18.3 Å². The summed E-state index contributed by atoms with van der Waals surface area (Å²) in [6.07, 6.45) is 2.66. The van der Waals surface area contributed by atoms with Crippen LogP contribution < -0.4 is 15.8 Å². The summed E-state index contributed by atoms with van der Waals surface area (Å²) in [6.45, 7) is 1.15. The molecule has 3 N–H and O–H groups in total. The fraction of sp³-hybridized carbons (Fsp3) is 0.333. The first-order valence-electron chi connectivity index (χ1n) is 5.44. The molecule has 0 spiro atoms. The Morgan fingerprint density at radius 1 is 1.41 bits per heavy atom. The minimum Gasteiger partial charge on any atom is -0.490 e. The van der Waals surface area contributed by atoms with Crippen LogP contribution in [0.4, 0.5) is 8.78 Å². The second kappa shape index (κ2) is 5.03. The lowest BCUT2D eigenvalue weighted by molar-refractivity contribution is 0.279. The van der Waals surface area contributed by atoms with E-state index >= 15 is 0 Å². The molecular weight excluding hydrogens is 226 g/mol. The molecule has 5 heteroatoms. The zero-order valence-corrected chi connectivity index (χ0v) is 9.25. The molecule has 1 aromatic carbocycles. The Kier molecular flexibility index (Phi) is 3.46. The molecule has 1 atom stereocenters. The molecule has 0 radical (unpaired) electrons. The van der Waals surface area contributed by atoms with Crippen molar-refractivity contribution in [3.05, 3.63) is 41.7 Å². The third kappa shape index (κ3) is 3.09. The number of nitrogens with two attached hydrogens (primary N) is 1. The van der Waals surface area contributed by atoms with Crippen molar-refractivity contribution in [2.75, 3.05) is 13.2 Å². The van der Waals surface area contributed by atoms with Gasteiger partial charge >= 0.3 is 0 Å². The molecule has 2 rings (SSSR count). The lowest BCUT2D eigenvalue weighted by Gasteiger charge is -2.09. The number of hydrogen-bond acceptors (Lipinski definition) is 3. The molecule has 0 aliphatic carbocycles. The Morgan fingerprint density at radius 3 is 2.88 bits per heavy atom. The molecule has 1 aliphatic rings. The van der Waals surface area contributed by atoms with Crippen LogP contribution in [-0.4, -0.2) is 13.2 Å². The van der Waals surface area contributed by atoms with Gasteiger partial charge in [-0.3, -0.25) is 0 Å². The largest absolute Gasteiger partial charge is 0.490 e. The van der Waals surface area contributed by atoms with Crippen molar-refractivity contribution in [3.63, 3.8) is 0 Å². The molecule has 0 fully saturated rings. The van der Waals surface area contributed by atoms with Crippen molar-refractivity contribution in [1.82, 2.24) is 5.32 Å². The molecule has 92 valence electrons. The monoisotopic (exact) mass is 240 g/mol. The van der Waals surface area contributed by atoms with Crippen LogP contribution in [-0.2, 0) is 0 Å². The summed E-state index contributed by atoms with van der Waals surface area (Å²) in [5, 5.41) is 3.00. The van der Waals surface area contributed by atoms with E-state index in [-0.39, 0.29) is 5.75 Å². The van der Waals surface area contributed by atoms with E-state index in [0.717, 1.165) is 19.0 Å². The fourth-order valence-electron chi connectivity index (χ4n) is 1.72. The maximum Gasteiger partial charge on any atom is 0.167 e. The zero-order chi connectivity index (χ0) is 12.3. The van der Waals surface area contributed by atoms with Gasteiger partial charge in [0, 0.05) is 18.5 Å². The normalized spacial score (nSPS) is 18.7. The van der Waals surface area contributed by atoms with Crippen LogP contribution in [0.3, 0.4) is 0 Å². The Morgan fingerprint density at radius 2 is 2.24 bits per heavy atom. The van der Waals surface area contributed by atoms with Crippen molar-refractivity contribution in [2.24, 2.45) is 11.7 Å². The smallest absolute Gasteiger partial charge is 0.167 e. The average Bonchev–Trinajstić information content (AvgIpc) is 2.68.